The Morgan fingerprint density at radius 1 is 1.44 bits per heavy atom. The molecule has 1 aliphatic rings. The van der Waals surface area contributed by atoms with Crippen LogP contribution in [0.1, 0.15) is 32.3 Å². The molecule has 0 heterocycles. The molecule has 0 atom stereocenters. The van der Waals surface area contributed by atoms with Gasteiger partial charge in [0, 0.05) is 24.3 Å². The van der Waals surface area contributed by atoms with Crippen molar-refractivity contribution in [3.8, 4) is 0 Å². The first kappa shape index (κ1) is 12.7. The van der Waals surface area contributed by atoms with Gasteiger partial charge in [-0.15, -0.1) is 0 Å². The predicted octanol–water partition coefficient (Wildman–Crippen LogP) is 2.35. The molecule has 98 valence electrons. The van der Waals surface area contributed by atoms with E-state index >= 15 is 0 Å². The van der Waals surface area contributed by atoms with Gasteiger partial charge in [-0.2, -0.15) is 0 Å². The lowest BCUT2D eigenvalue weighted by Gasteiger charge is -2.24. The van der Waals surface area contributed by atoms with Crippen LogP contribution in [0, 0.1) is 0 Å². The van der Waals surface area contributed by atoms with Crippen molar-refractivity contribution in [1.82, 2.24) is 10.2 Å². The average Bonchev–Trinajstić information content (AvgIpc) is 3.11. The minimum atomic E-state index is 0.00996. The number of nitrogens with two attached hydrogens (primary N) is 1. The van der Waals surface area contributed by atoms with Crippen LogP contribution in [-0.2, 0) is 6.54 Å². The second-order valence-corrected chi connectivity index (χ2v) is 5.16. The third kappa shape index (κ3) is 3.15. The zero-order valence-electron chi connectivity index (χ0n) is 11.0. The van der Waals surface area contributed by atoms with Crippen LogP contribution in [0.2, 0.25) is 0 Å². The fourth-order valence-corrected chi connectivity index (χ4v) is 1.94. The lowest BCUT2D eigenvalue weighted by molar-refractivity contribution is 0.189. The summed E-state index contributed by atoms with van der Waals surface area (Å²) < 4.78 is 0. The van der Waals surface area contributed by atoms with Gasteiger partial charge in [0.05, 0.1) is 0 Å². The van der Waals surface area contributed by atoms with E-state index in [1.54, 1.807) is 0 Å². The molecule has 18 heavy (non-hydrogen) atoms. The molecule has 0 aromatic heterocycles. The van der Waals surface area contributed by atoms with Gasteiger partial charge in [-0.25, -0.2) is 4.79 Å². The van der Waals surface area contributed by atoms with Crippen LogP contribution in [-0.4, -0.2) is 23.0 Å². The zero-order chi connectivity index (χ0) is 13.1. The molecule has 3 N–H and O–H groups in total. The van der Waals surface area contributed by atoms with Crippen LogP contribution in [0.3, 0.4) is 0 Å². The Balaban J connectivity index is 2.07. The van der Waals surface area contributed by atoms with Gasteiger partial charge in [0.2, 0.25) is 0 Å². The number of nitrogens with one attached hydrogen (secondary N) is 1. The third-order valence-corrected chi connectivity index (χ3v) is 3.06. The van der Waals surface area contributed by atoms with Crippen LogP contribution >= 0.6 is 0 Å². The molecule has 1 aromatic rings. The molecule has 4 heteroatoms. The molecule has 0 saturated heterocycles. The highest BCUT2D eigenvalue weighted by Gasteiger charge is 2.32. The molecule has 0 bridgehead atoms. The van der Waals surface area contributed by atoms with Gasteiger partial charge in [-0.1, -0.05) is 18.2 Å². The summed E-state index contributed by atoms with van der Waals surface area (Å²) in [4.78, 5) is 14.0. The van der Waals surface area contributed by atoms with Crippen LogP contribution < -0.4 is 11.1 Å². The average molecular weight is 247 g/mol. The highest BCUT2D eigenvalue weighted by atomic mass is 16.2. The Kier molecular flexibility index (Phi) is 3.75. The van der Waals surface area contributed by atoms with Gasteiger partial charge in [-0.05, 0) is 38.3 Å². The smallest absolute Gasteiger partial charge is 0.318 e. The number of carbonyl (C=O) groups is 1. The monoisotopic (exact) mass is 247 g/mol. The van der Waals surface area contributed by atoms with E-state index in [4.69, 9.17) is 5.73 Å². The van der Waals surface area contributed by atoms with Gasteiger partial charge in [0.1, 0.15) is 0 Å². The van der Waals surface area contributed by atoms with Crippen molar-refractivity contribution in [3.05, 3.63) is 29.8 Å². The number of nitrogen functional groups attached to an aromatic ring is 1. The van der Waals surface area contributed by atoms with Crippen molar-refractivity contribution < 1.29 is 4.79 Å². The maximum absolute atomic E-state index is 12.1. The molecule has 0 unspecified atom stereocenters. The Bertz CT molecular complexity index is 427. The molecular formula is C14H21N3O. The minimum Gasteiger partial charge on any atom is -0.398 e. The Morgan fingerprint density at radius 3 is 2.67 bits per heavy atom. The number of rotatable bonds is 4. The highest BCUT2D eigenvalue weighted by Crippen LogP contribution is 2.29. The molecule has 1 fully saturated rings. The van der Waals surface area contributed by atoms with Crippen molar-refractivity contribution >= 4 is 11.7 Å². The number of amides is 2. The normalized spacial score (nSPS) is 14.6. The van der Waals surface area contributed by atoms with E-state index in [-0.39, 0.29) is 12.1 Å². The molecule has 1 aliphatic carbocycles. The summed E-state index contributed by atoms with van der Waals surface area (Å²) in [6, 6.07) is 8.27. The summed E-state index contributed by atoms with van der Waals surface area (Å²) in [5, 5.41) is 2.95. The standard InChI is InChI=1S/C14H21N3O/c1-10(2)16-14(18)17(12-7-8-12)9-11-5-3-4-6-13(11)15/h3-6,10,12H,7-9,15H2,1-2H3,(H,16,18). The van der Waals surface area contributed by atoms with Crippen molar-refractivity contribution in [2.45, 2.75) is 45.3 Å². The lowest BCUT2D eigenvalue weighted by Crippen LogP contribution is -2.43. The Labute approximate surface area is 108 Å². The van der Waals surface area contributed by atoms with Crippen LogP contribution in [0.15, 0.2) is 24.3 Å². The summed E-state index contributed by atoms with van der Waals surface area (Å²) in [5.74, 6) is 0. The fourth-order valence-electron chi connectivity index (χ4n) is 1.94. The number of hydrogen-bond acceptors (Lipinski definition) is 2. The second-order valence-electron chi connectivity index (χ2n) is 5.16. The van der Waals surface area contributed by atoms with Gasteiger partial charge in [-0.3, -0.25) is 0 Å². The van der Waals surface area contributed by atoms with E-state index in [1.165, 1.54) is 0 Å². The topological polar surface area (TPSA) is 58.4 Å². The number of para-hydroxylation sites is 1. The zero-order valence-corrected chi connectivity index (χ0v) is 11.0. The van der Waals surface area contributed by atoms with Gasteiger partial charge in [0.15, 0.2) is 0 Å². The van der Waals surface area contributed by atoms with Crippen molar-refractivity contribution in [2.24, 2.45) is 0 Å². The van der Waals surface area contributed by atoms with Crippen molar-refractivity contribution in [3.63, 3.8) is 0 Å². The number of nitrogens with zero attached hydrogens (tertiary/aromatic N) is 1. The fraction of sp³-hybridized carbons (Fsp3) is 0.500. The van der Waals surface area contributed by atoms with E-state index in [1.807, 2.05) is 43.0 Å². The largest absolute Gasteiger partial charge is 0.398 e. The van der Waals surface area contributed by atoms with E-state index in [2.05, 4.69) is 5.32 Å². The lowest BCUT2D eigenvalue weighted by atomic mass is 10.1. The van der Waals surface area contributed by atoms with Crippen LogP contribution in [0.4, 0.5) is 10.5 Å². The second kappa shape index (κ2) is 5.29. The summed E-state index contributed by atoms with van der Waals surface area (Å²) in [6.07, 6.45) is 2.19. The Morgan fingerprint density at radius 2 is 2.11 bits per heavy atom. The maximum atomic E-state index is 12.1. The third-order valence-electron chi connectivity index (χ3n) is 3.06. The van der Waals surface area contributed by atoms with Crippen molar-refractivity contribution in [1.29, 1.82) is 0 Å². The number of hydrogen-bond donors (Lipinski definition) is 2. The Hall–Kier alpha value is -1.71. The number of benzene rings is 1. The van der Waals surface area contributed by atoms with Crippen molar-refractivity contribution in [2.75, 3.05) is 5.73 Å². The molecule has 2 rings (SSSR count). The van der Waals surface area contributed by atoms with Gasteiger partial charge < -0.3 is 16.0 Å². The number of carbonyl (C=O) groups excluding carboxylic acids is 1. The van der Waals surface area contributed by atoms with Gasteiger partial charge in [0.25, 0.3) is 0 Å². The molecule has 2 amide bonds. The van der Waals surface area contributed by atoms with E-state index in [9.17, 15) is 4.79 Å². The van der Waals surface area contributed by atoms with Crippen LogP contribution in [0.5, 0.6) is 0 Å². The molecule has 0 aliphatic heterocycles. The SMILES string of the molecule is CC(C)NC(=O)N(Cc1ccccc1N)C1CC1. The molecule has 1 saturated carbocycles. The first-order chi connectivity index (χ1) is 8.58. The quantitative estimate of drug-likeness (QED) is 0.802. The highest BCUT2D eigenvalue weighted by molar-refractivity contribution is 5.75. The van der Waals surface area contributed by atoms with E-state index < -0.39 is 0 Å². The molecule has 0 radical (unpaired) electrons. The van der Waals surface area contributed by atoms with Crippen LogP contribution in [0.25, 0.3) is 0 Å². The van der Waals surface area contributed by atoms with Gasteiger partial charge >= 0.3 is 6.03 Å². The van der Waals surface area contributed by atoms with E-state index in [0.717, 1.165) is 24.1 Å². The molecule has 4 nitrogen and oxygen atoms in total. The first-order valence-electron chi connectivity index (χ1n) is 6.48. The predicted molar refractivity (Wildman–Crippen MR) is 73.1 cm³/mol. The summed E-state index contributed by atoms with van der Waals surface area (Å²) in [7, 11) is 0. The van der Waals surface area contributed by atoms with E-state index in [0.29, 0.717) is 12.6 Å². The molecular weight excluding hydrogens is 226 g/mol. The maximum Gasteiger partial charge on any atom is 0.318 e. The molecule has 1 aromatic carbocycles. The summed E-state index contributed by atoms with van der Waals surface area (Å²) in [5.41, 5.74) is 7.70. The molecule has 0 spiro atoms. The number of urea groups is 1. The minimum absolute atomic E-state index is 0.00996. The number of anilines is 1. The first-order valence-corrected chi connectivity index (χ1v) is 6.48. The summed E-state index contributed by atoms with van der Waals surface area (Å²) in [6.45, 7) is 4.54. The summed E-state index contributed by atoms with van der Waals surface area (Å²) >= 11 is 0.